The lowest BCUT2D eigenvalue weighted by atomic mass is 9.89. The van der Waals surface area contributed by atoms with Crippen molar-refractivity contribution in [3.8, 4) is 0 Å². The third-order valence-corrected chi connectivity index (χ3v) is 1.10. The molecule has 0 heterocycles. The first-order valence-corrected chi connectivity index (χ1v) is 2.78. The fraction of sp³-hybridized carbons (Fsp3) is 0. The molecule has 1 N–H and O–H groups in total. The van der Waals surface area contributed by atoms with Crippen molar-refractivity contribution in [2.75, 3.05) is 0 Å². The highest BCUT2D eigenvalue weighted by Crippen LogP contribution is 1.97. The summed E-state index contributed by atoms with van der Waals surface area (Å²) in [4.78, 5) is 0. The minimum absolute atomic E-state index is 0.248. The zero-order valence-corrected chi connectivity index (χ0v) is 5.14. The van der Waals surface area contributed by atoms with Crippen LogP contribution < -0.4 is 5.46 Å². The van der Waals surface area contributed by atoms with Crippen molar-refractivity contribution < 1.29 is 13.8 Å². The molecule has 0 fully saturated rings. The van der Waals surface area contributed by atoms with Crippen LogP contribution in [0.3, 0.4) is 0 Å². The predicted molar refractivity (Wildman–Crippen MR) is 35.4 cm³/mol. The average molecular weight is 142 g/mol. The van der Waals surface area contributed by atoms with Crippen molar-refractivity contribution in [2.24, 2.45) is 0 Å². The Hall–Kier alpha value is -0.895. The van der Waals surface area contributed by atoms with E-state index in [2.05, 4.69) is 0 Å². The van der Waals surface area contributed by atoms with Crippen LogP contribution in [0.15, 0.2) is 18.2 Å². The van der Waals surface area contributed by atoms with E-state index in [0.29, 0.717) is 0 Å². The molecular formula is C6H5BF2O. The van der Waals surface area contributed by atoms with Crippen LogP contribution in [0.25, 0.3) is 0 Å². The molecule has 0 aliphatic carbocycles. The Morgan fingerprint density at radius 3 is 2.00 bits per heavy atom. The van der Waals surface area contributed by atoms with Crippen molar-refractivity contribution in [3.05, 3.63) is 29.8 Å². The van der Waals surface area contributed by atoms with Gasteiger partial charge in [0.25, 0.3) is 0 Å². The Kier molecular flexibility index (Phi) is 2.01. The summed E-state index contributed by atoms with van der Waals surface area (Å²) in [6.45, 7) is 0. The van der Waals surface area contributed by atoms with Gasteiger partial charge in [-0.3, -0.25) is 0 Å². The molecule has 1 aromatic rings. The van der Waals surface area contributed by atoms with Crippen molar-refractivity contribution >= 4 is 12.9 Å². The van der Waals surface area contributed by atoms with E-state index in [1.165, 1.54) is 0 Å². The van der Waals surface area contributed by atoms with Gasteiger partial charge < -0.3 is 5.02 Å². The van der Waals surface area contributed by atoms with E-state index in [1.807, 2.05) is 0 Å². The number of rotatable bonds is 1. The molecule has 0 aromatic heterocycles. The molecule has 1 nitrogen and oxygen atoms in total. The summed E-state index contributed by atoms with van der Waals surface area (Å²) in [7, 11) is -0.339. The molecule has 0 saturated heterocycles. The molecule has 0 amide bonds. The zero-order chi connectivity index (χ0) is 7.56. The summed E-state index contributed by atoms with van der Waals surface area (Å²) in [5.41, 5.74) is 0.248. The third-order valence-electron chi connectivity index (χ3n) is 1.10. The molecule has 0 aliphatic heterocycles. The Labute approximate surface area is 57.6 Å². The van der Waals surface area contributed by atoms with Gasteiger partial charge in [0.15, 0.2) is 0 Å². The summed E-state index contributed by atoms with van der Waals surface area (Å²) in [6.07, 6.45) is 0. The molecule has 52 valence electrons. The fourth-order valence-corrected chi connectivity index (χ4v) is 0.702. The standard InChI is InChI=1S/C6H5BF2O/c8-5-1-4(7-10)2-6(9)3-5/h1-3,7,10H. The van der Waals surface area contributed by atoms with Crippen molar-refractivity contribution in [1.82, 2.24) is 0 Å². The third kappa shape index (κ3) is 1.54. The first-order valence-electron chi connectivity index (χ1n) is 2.78. The number of halogens is 2. The van der Waals surface area contributed by atoms with Gasteiger partial charge in [-0.2, -0.15) is 0 Å². The monoisotopic (exact) mass is 142 g/mol. The molecule has 0 atom stereocenters. The van der Waals surface area contributed by atoms with Crippen LogP contribution in [0.5, 0.6) is 0 Å². The summed E-state index contributed by atoms with van der Waals surface area (Å²) in [5.74, 6) is -1.33. The van der Waals surface area contributed by atoms with Crippen molar-refractivity contribution in [2.45, 2.75) is 0 Å². The van der Waals surface area contributed by atoms with Crippen LogP contribution in [-0.4, -0.2) is 12.5 Å². The van der Waals surface area contributed by atoms with Crippen LogP contribution in [0.1, 0.15) is 0 Å². The smallest absolute Gasteiger partial charge is 0.304 e. The van der Waals surface area contributed by atoms with E-state index in [4.69, 9.17) is 5.02 Å². The van der Waals surface area contributed by atoms with Crippen LogP contribution in [0.2, 0.25) is 0 Å². The van der Waals surface area contributed by atoms with Gasteiger partial charge in [-0.25, -0.2) is 8.78 Å². The lowest BCUT2D eigenvalue weighted by molar-refractivity contribution is 0.581. The van der Waals surface area contributed by atoms with Gasteiger partial charge in [0.05, 0.1) is 0 Å². The van der Waals surface area contributed by atoms with Gasteiger partial charge >= 0.3 is 7.48 Å². The Morgan fingerprint density at radius 1 is 1.10 bits per heavy atom. The molecule has 4 heteroatoms. The van der Waals surface area contributed by atoms with E-state index in [9.17, 15) is 8.78 Å². The topological polar surface area (TPSA) is 20.2 Å². The van der Waals surface area contributed by atoms with Gasteiger partial charge in [-0.15, -0.1) is 0 Å². The largest absolute Gasteiger partial charge is 0.449 e. The van der Waals surface area contributed by atoms with Crippen molar-refractivity contribution in [3.63, 3.8) is 0 Å². The maximum absolute atomic E-state index is 12.3. The molecule has 1 rings (SSSR count). The van der Waals surface area contributed by atoms with Gasteiger partial charge in [-0.05, 0) is 17.6 Å². The number of hydrogen-bond acceptors (Lipinski definition) is 1. The average Bonchev–Trinajstić information content (AvgIpc) is 1.85. The minimum atomic E-state index is -0.663. The summed E-state index contributed by atoms with van der Waals surface area (Å²) in [6, 6.07) is 2.94. The number of benzene rings is 1. The van der Waals surface area contributed by atoms with Crippen molar-refractivity contribution in [1.29, 1.82) is 0 Å². The van der Waals surface area contributed by atoms with E-state index in [-0.39, 0.29) is 12.9 Å². The fourth-order valence-electron chi connectivity index (χ4n) is 0.702. The second-order valence-electron chi connectivity index (χ2n) is 1.94. The summed E-state index contributed by atoms with van der Waals surface area (Å²) < 4.78 is 24.5. The molecule has 0 saturated carbocycles. The molecular weight excluding hydrogens is 137 g/mol. The molecule has 0 unspecified atom stereocenters. The zero-order valence-electron chi connectivity index (χ0n) is 5.14. The highest BCUT2D eigenvalue weighted by Gasteiger charge is 1.98. The molecule has 0 radical (unpaired) electrons. The summed E-state index contributed by atoms with van der Waals surface area (Å²) in [5, 5.41) is 8.45. The second kappa shape index (κ2) is 2.79. The Bertz CT molecular complexity index is 219. The molecule has 10 heavy (non-hydrogen) atoms. The second-order valence-corrected chi connectivity index (χ2v) is 1.94. The highest BCUT2D eigenvalue weighted by atomic mass is 19.1. The van der Waals surface area contributed by atoms with E-state index >= 15 is 0 Å². The highest BCUT2D eigenvalue weighted by molar-refractivity contribution is 6.45. The van der Waals surface area contributed by atoms with E-state index in [0.717, 1.165) is 18.2 Å². The van der Waals surface area contributed by atoms with Crippen LogP contribution in [0, 0.1) is 11.6 Å². The van der Waals surface area contributed by atoms with Crippen LogP contribution in [0.4, 0.5) is 8.78 Å². The Morgan fingerprint density at radius 2 is 1.60 bits per heavy atom. The summed E-state index contributed by atoms with van der Waals surface area (Å²) >= 11 is 0. The quantitative estimate of drug-likeness (QED) is 0.544. The molecule has 0 bridgehead atoms. The first-order chi connectivity index (χ1) is 4.72. The lowest BCUT2D eigenvalue weighted by Crippen LogP contribution is -2.14. The minimum Gasteiger partial charge on any atom is -0.449 e. The number of hydrogen-bond donors (Lipinski definition) is 1. The Balaban J connectivity index is 3.06. The van der Waals surface area contributed by atoms with Gasteiger partial charge in [-0.1, -0.05) is 0 Å². The lowest BCUT2D eigenvalue weighted by Gasteiger charge is -1.93. The van der Waals surface area contributed by atoms with E-state index in [1.54, 1.807) is 0 Å². The van der Waals surface area contributed by atoms with Crippen LogP contribution >= 0.6 is 0 Å². The molecule has 0 aliphatic rings. The predicted octanol–water partition coefficient (Wildman–Crippen LogP) is -0.0661. The van der Waals surface area contributed by atoms with E-state index < -0.39 is 11.6 Å². The van der Waals surface area contributed by atoms with Gasteiger partial charge in [0, 0.05) is 6.07 Å². The maximum Gasteiger partial charge on any atom is 0.304 e. The van der Waals surface area contributed by atoms with Gasteiger partial charge in [0.1, 0.15) is 11.6 Å². The first kappa shape index (κ1) is 7.21. The normalized spacial score (nSPS) is 9.50. The SMILES string of the molecule is OBc1cc(F)cc(F)c1. The maximum atomic E-state index is 12.3. The molecule has 0 spiro atoms. The molecule has 1 aromatic carbocycles. The van der Waals surface area contributed by atoms with Gasteiger partial charge in [0.2, 0.25) is 0 Å². The van der Waals surface area contributed by atoms with Crippen LogP contribution in [-0.2, 0) is 0 Å².